The minimum absolute atomic E-state index is 0.0644. The molecule has 0 aliphatic carbocycles. The summed E-state index contributed by atoms with van der Waals surface area (Å²) in [6.07, 6.45) is 1.16. The van der Waals surface area contributed by atoms with E-state index < -0.39 is 0 Å². The van der Waals surface area contributed by atoms with E-state index in [0.29, 0.717) is 25.6 Å². The highest BCUT2D eigenvalue weighted by atomic mass is 16.5. The monoisotopic (exact) mass is 318 g/mol. The number of nitrogens with zero attached hydrogens (tertiary/aromatic N) is 1. The normalized spacial score (nSPS) is 15.6. The number of ether oxygens (including phenoxy) is 1. The summed E-state index contributed by atoms with van der Waals surface area (Å²) in [6, 6.07) is 7.73. The lowest BCUT2D eigenvalue weighted by Crippen LogP contribution is -2.46. The van der Waals surface area contributed by atoms with Crippen molar-refractivity contribution in [1.82, 2.24) is 10.2 Å². The van der Waals surface area contributed by atoms with Gasteiger partial charge in [-0.05, 0) is 37.8 Å². The number of hydrogen-bond donors (Lipinski definition) is 1. The van der Waals surface area contributed by atoms with Crippen LogP contribution in [0.15, 0.2) is 24.3 Å². The summed E-state index contributed by atoms with van der Waals surface area (Å²) in [5.41, 5.74) is 1.81. The summed E-state index contributed by atoms with van der Waals surface area (Å²) < 4.78 is 5.13. The van der Waals surface area contributed by atoms with Crippen LogP contribution in [-0.2, 0) is 4.74 Å². The van der Waals surface area contributed by atoms with E-state index in [0.717, 1.165) is 24.0 Å². The van der Waals surface area contributed by atoms with Gasteiger partial charge in [0.15, 0.2) is 0 Å². The van der Waals surface area contributed by atoms with Gasteiger partial charge in [-0.15, -0.1) is 0 Å². The van der Waals surface area contributed by atoms with Crippen molar-refractivity contribution in [2.75, 3.05) is 19.7 Å². The molecule has 2 rings (SSSR count). The number of carbonyl (C=O) groups excluding carboxylic acids is 2. The molecule has 23 heavy (non-hydrogen) atoms. The van der Waals surface area contributed by atoms with Crippen molar-refractivity contribution >= 4 is 12.0 Å². The van der Waals surface area contributed by atoms with Gasteiger partial charge >= 0.3 is 6.09 Å². The maximum absolute atomic E-state index is 12.5. The molecule has 1 aliphatic heterocycles. The largest absolute Gasteiger partial charge is 0.449 e. The van der Waals surface area contributed by atoms with Crippen molar-refractivity contribution in [2.24, 2.45) is 5.92 Å². The van der Waals surface area contributed by atoms with E-state index in [-0.39, 0.29) is 18.0 Å². The predicted molar refractivity (Wildman–Crippen MR) is 89.4 cm³/mol. The summed E-state index contributed by atoms with van der Waals surface area (Å²) in [5, 5.41) is 2.88. The number of hydrogen-bond acceptors (Lipinski definition) is 3. The minimum Gasteiger partial charge on any atom is -0.449 e. The molecule has 0 saturated carbocycles. The average Bonchev–Trinajstić information content (AvgIpc) is 2.53. The molecule has 126 valence electrons. The highest BCUT2D eigenvalue weighted by Gasteiger charge is 2.25. The van der Waals surface area contributed by atoms with E-state index in [2.05, 4.69) is 5.32 Å². The van der Waals surface area contributed by atoms with Crippen LogP contribution in [0.3, 0.4) is 0 Å². The van der Waals surface area contributed by atoms with Crippen LogP contribution in [-0.4, -0.2) is 42.6 Å². The Hall–Kier alpha value is -2.04. The van der Waals surface area contributed by atoms with Crippen molar-refractivity contribution in [3.8, 4) is 0 Å². The molecule has 0 aromatic heterocycles. The summed E-state index contributed by atoms with van der Waals surface area (Å²) >= 11 is 0. The average molecular weight is 318 g/mol. The third kappa shape index (κ3) is 5.27. The molecular weight excluding hydrogens is 292 g/mol. The van der Waals surface area contributed by atoms with E-state index >= 15 is 0 Å². The van der Waals surface area contributed by atoms with Gasteiger partial charge in [0.05, 0.1) is 6.61 Å². The Morgan fingerprint density at radius 2 is 2.00 bits per heavy atom. The Balaban J connectivity index is 1.79. The highest BCUT2D eigenvalue weighted by molar-refractivity contribution is 5.94. The molecule has 1 fully saturated rings. The fourth-order valence-electron chi connectivity index (χ4n) is 2.64. The van der Waals surface area contributed by atoms with Crippen molar-refractivity contribution < 1.29 is 14.3 Å². The third-order valence-corrected chi connectivity index (χ3v) is 3.92. The number of likely N-dealkylation sites (tertiary alicyclic amines) is 1. The second-order valence-corrected chi connectivity index (χ2v) is 6.57. The molecule has 1 aliphatic rings. The van der Waals surface area contributed by atoms with Gasteiger partial charge in [0, 0.05) is 24.7 Å². The van der Waals surface area contributed by atoms with Crippen LogP contribution < -0.4 is 5.32 Å². The first kappa shape index (κ1) is 17.3. The van der Waals surface area contributed by atoms with Gasteiger partial charge in [0.1, 0.15) is 0 Å². The Bertz CT molecular complexity index is 549. The summed E-state index contributed by atoms with van der Waals surface area (Å²) in [5.74, 6) is 0.393. The number of aryl methyl sites for hydroxylation is 1. The second-order valence-electron chi connectivity index (χ2n) is 6.57. The lowest BCUT2D eigenvalue weighted by molar-refractivity contribution is 0.0700. The zero-order valence-electron chi connectivity index (χ0n) is 14.2. The highest BCUT2D eigenvalue weighted by Crippen LogP contribution is 2.15. The molecule has 1 saturated heterocycles. The lowest BCUT2D eigenvalue weighted by Gasteiger charge is -2.32. The molecule has 5 heteroatoms. The smallest absolute Gasteiger partial charge is 0.407 e. The van der Waals surface area contributed by atoms with Crippen molar-refractivity contribution in [3.05, 3.63) is 35.4 Å². The maximum atomic E-state index is 12.5. The van der Waals surface area contributed by atoms with Crippen LogP contribution in [0.5, 0.6) is 0 Å². The van der Waals surface area contributed by atoms with Crippen LogP contribution in [0.1, 0.15) is 42.6 Å². The maximum Gasteiger partial charge on any atom is 0.407 e. The van der Waals surface area contributed by atoms with Crippen LogP contribution in [0, 0.1) is 12.8 Å². The first-order valence-electron chi connectivity index (χ1n) is 8.25. The van der Waals surface area contributed by atoms with Crippen LogP contribution >= 0.6 is 0 Å². The fourth-order valence-corrected chi connectivity index (χ4v) is 2.64. The minimum atomic E-state index is -0.359. The molecule has 1 aromatic carbocycles. The number of benzene rings is 1. The molecule has 0 spiro atoms. The number of amides is 2. The molecule has 2 amide bonds. The second kappa shape index (κ2) is 7.99. The van der Waals surface area contributed by atoms with Crippen LogP contribution in [0.25, 0.3) is 0 Å². The summed E-state index contributed by atoms with van der Waals surface area (Å²) in [4.78, 5) is 26.0. The fraction of sp³-hybridized carbons (Fsp3) is 0.556. The molecule has 1 aromatic rings. The molecule has 1 heterocycles. The van der Waals surface area contributed by atoms with Crippen LogP contribution in [0.4, 0.5) is 4.79 Å². The molecular formula is C18H26N2O3. The molecule has 1 N–H and O–H groups in total. The van der Waals surface area contributed by atoms with E-state index in [9.17, 15) is 9.59 Å². The molecule has 0 radical (unpaired) electrons. The summed E-state index contributed by atoms with van der Waals surface area (Å²) in [6.45, 7) is 7.72. The topological polar surface area (TPSA) is 58.6 Å². The zero-order valence-corrected chi connectivity index (χ0v) is 14.2. The van der Waals surface area contributed by atoms with Gasteiger partial charge in [-0.1, -0.05) is 31.5 Å². The van der Waals surface area contributed by atoms with Crippen LogP contribution in [0.2, 0.25) is 0 Å². The third-order valence-electron chi connectivity index (χ3n) is 3.92. The Kier molecular flexibility index (Phi) is 6.02. The standard InChI is InChI=1S/C18H26N2O3/c1-13(2)12-23-18(22)19-16-7-9-20(10-8-16)17(21)15-6-4-5-14(3)11-15/h4-6,11,13,16H,7-10,12H2,1-3H3,(H,19,22). The zero-order chi connectivity index (χ0) is 16.8. The van der Waals surface area contributed by atoms with Crippen molar-refractivity contribution in [1.29, 1.82) is 0 Å². The molecule has 0 unspecified atom stereocenters. The van der Waals surface area contributed by atoms with Gasteiger partial charge < -0.3 is 15.0 Å². The molecule has 5 nitrogen and oxygen atoms in total. The first-order valence-corrected chi connectivity index (χ1v) is 8.25. The van der Waals surface area contributed by atoms with E-state index in [1.165, 1.54) is 0 Å². The SMILES string of the molecule is Cc1cccc(C(=O)N2CCC(NC(=O)OCC(C)C)CC2)c1. The molecule has 0 atom stereocenters. The van der Waals surface area contributed by atoms with Gasteiger partial charge in [-0.25, -0.2) is 4.79 Å². The van der Waals surface area contributed by atoms with Gasteiger partial charge in [0.25, 0.3) is 5.91 Å². The van der Waals surface area contributed by atoms with E-state index in [4.69, 9.17) is 4.74 Å². The number of piperidine rings is 1. The van der Waals surface area contributed by atoms with Gasteiger partial charge in [-0.3, -0.25) is 4.79 Å². The van der Waals surface area contributed by atoms with E-state index in [1.807, 2.05) is 49.9 Å². The lowest BCUT2D eigenvalue weighted by atomic mass is 10.0. The number of carbonyl (C=O) groups is 2. The van der Waals surface area contributed by atoms with Crippen molar-refractivity contribution in [3.63, 3.8) is 0 Å². The Labute approximate surface area is 138 Å². The summed E-state index contributed by atoms with van der Waals surface area (Å²) in [7, 11) is 0. The predicted octanol–water partition coefficient (Wildman–Crippen LogP) is 2.98. The van der Waals surface area contributed by atoms with Gasteiger partial charge in [0.2, 0.25) is 0 Å². The first-order chi connectivity index (χ1) is 11.0. The number of nitrogens with one attached hydrogen (secondary N) is 1. The quantitative estimate of drug-likeness (QED) is 0.928. The van der Waals surface area contributed by atoms with Crippen molar-refractivity contribution in [2.45, 2.75) is 39.7 Å². The number of alkyl carbamates (subject to hydrolysis) is 1. The van der Waals surface area contributed by atoms with E-state index in [1.54, 1.807) is 0 Å². The number of rotatable bonds is 4. The van der Waals surface area contributed by atoms with Gasteiger partial charge in [-0.2, -0.15) is 0 Å². The Morgan fingerprint density at radius 1 is 1.30 bits per heavy atom. The Morgan fingerprint density at radius 3 is 2.61 bits per heavy atom. The molecule has 0 bridgehead atoms.